The number of esters is 1. The van der Waals surface area contributed by atoms with Crippen molar-refractivity contribution in [1.29, 1.82) is 0 Å². The maximum Gasteiger partial charge on any atom is 0.307 e. The monoisotopic (exact) mass is 329 g/mol. The Labute approximate surface area is 134 Å². The van der Waals surface area contributed by atoms with Crippen LogP contribution in [0.5, 0.6) is 0 Å². The van der Waals surface area contributed by atoms with Gasteiger partial charge in [0.15, 0.2) is 11.6 Å². The highest BCUT2D eigenvalue weighted by atomic mass is 19.2. The lowest BCUT2D eigenvalue weighted by Crippen LogP contribution is -2.40. The van der Waals surface area contributed by atoms with Crippen molar-refractivity contribution in [3.8, 4) is 0 Å². The topological polar surface area (TPSA) is 55.8 Å². The highest BCUT2D eigenvalue weighted by Crippen LogP contribution is 2.13. The number of methoxy groups -OCH3 is 1. The number of carbonyl (C=O) groups is 2. The van der Waals surface area contributed by atoms with Gasteiger partial charge in [-0.05, 0) is 31.5 Å². The Bertz CT molecular complexity index is 551. The van der Waals surface area contributed by atoms with Gasteiger partial charge in [0.25, 0.3) is 5.91 Å². The second-order valence-corrected chi connectivity index (χ2v) is 4.93. The minimum absolute atomic E-state index is 0.00472. The fourth-order valence-electron chi connectivity index (χ4n) is 2.03. The van der Waals surface area contributed by atoms with E-state index >= 15 is 0 Å². The zero-order valence-corrected chi connectivity index (χ0v) is 13.5. The third-order valence-electron chi connectivity index (χ3n) is 3.25. The van der Waals surface area contributed by atoms with Crippen LogP contribution in [0.15, 0.2) is 18.2 Å². The van der Waals surface area contributed by atoms with Gasteiger partial charge >= 0.3 is 5.97 Å². The first-order chi connectivity index (χ1) is 10.9. The zero-order chi connectivity index (χ0) is 17.4. The molecule has 1 amide bonds. The van der Waals surface area contributed by atoms with Gasteiger partial charge in [0.05, 0.1) is 13.5 Å². The van der Waals surface area contributed by atoms with E-state index in [0.717, 1.165) is 12.1 Å². The van der Waals surface area contributed by atoms with Crippen molar-refractivity contribution in [2.75, 3.05) is 20.3 Å². The van der Waals surface area contributed by atoms with E-state index in [2.05, 4.69) is 4.74 Å². The van der Waals surface area contributed by atoms with Crippen LogP contribution in [0.4, 0.5) is 8.78 Å². The average Bonchev–Trinajstić information content (AvgIpc) is 2.53. The molecule has 0 fully saturated rings. The van der Waals surface area contributed by atoms with E-state index in [4.69, 9.17) is 4.74 Å². The molecule has 1 atom stereocenters. The molecule has 0 saturated carbocycles. The number of hydrogen-bond acceptors (Lipinski definition) is 4. The molecule has 1 aromatic carbocycles. The van der Waals surface area contributed by atoms with E-state index in [-0.39, 0.29) is 25.4 Å². The van der Waals surface area contributed by atoms with Gasteiger partial charge in [0, 0.05) is 19.7 Å². The van der Waals surface area contributed by atoms with Gasteiger partial charge in [-0.25, -0.2) is 8.78 Å². The molecule has 0 aliphatic carbocycles. The first kappa shape index (κ1) is 19.0. The Kier molecular flexibility index (Phi) is 7.61. The van der Waals surface area contributed by atoms with Gasteiger partial charge in [-0.1, -0.05) is 6.07 Å². The predicted octanol–water partition coefficient (Wildman–Crippen LogP) is 2.28. The molecular weight excluding hydrogens is 308 g/mol. The Morgan fingerprint density at radius 1 is 1.26 bits per heavy atom. The van der Waals surface area contributed by atoms with Crippen molar-refractivity contribution < 1.29 is 27.8 Å². The van der Waals surface area contributed by atoms with Crippen LogP contribution in [0, 0.1) is 11.6 Å². The minimum Gasteiger partial charge on any atom is -0.469 e. The summed E-state index contributed by atoms with van der Waals surface area (Å²) in [7, 11) is 1.26. The van der Waals surface area contributed by atoms with Crippen molar-refractivity contribution in [3.05, 3.63) is 35.4 Å². The van der Waals surface area contributed by atoms with Crippen LogP contribution in [0.3, 0.4) is 0 Å². The summed E-state index contributed by atoms with van der Waals surface area (Å²) in [5, 5.41) is 0. The minimum atomic E-state index is -0.985. The van der Waals surface area contributed by atoms with Crippen molar-refractivity contribution in [2.45, 2.75) is 32.9 Å². The molecule has 5 nitrogen and oxygen atoms in total. The van der Waals surface area contributed by atoms with E-state index in [9.17, 15) is 18.4 Å². The first-order valence-corrected chi connectivity index (χ1v) is 7.30. The lowest BCUT2D eigenvalue weighted by Gasteiger charge is -2.25. The molecule has 0 radical (unpaired) electrons. The molecule has 23 heavy (non-hydrogen) atoms. The molecule has 0 aliphatic heterocycles. The molecule has 0 heterocycles. The summed E-state index contributed by atoms with van der Waals surface area (Å²) >= 11 is 0. The number of nitrogens with zero attached hydrogens (tertiary/aromatic N) is 1. The number of hydrogen-bond donors (Lipinski definition) is 0. The molecule has 0 aromatic heterocycles. The number of amides is 1. The van der Waals surface area contributed by atoms with Gasteiger partial charge in [0.2, 0.25) is 0 Å². The SMILES string of the molecule is CCO[C@H](C)C(=O)N(CCC(=O)OC)Cc1ccc(F)c(F)c1. The zero-order valence-electron chi connectivity index (χ0n) is 13.5. The summed E-state index contributed by atoms with van der Waals surface area (Å²) in [4.78, 5) is 25.0. The molecule has 0 bridgehead atoms. The number of benzene rings is 1. The third-order valence-corrected chi connectivity index (χ3v) is 3.25. The van der Waals surface area contributed by atoms with Crippen LogP contribution in [0.2, 0.25) is 0 Å². The van der Waals surface area contributed by atoms with Gasteiger partial charge in [0.1, 0.15) is 6.10 Å². The van der Waals surface area contributed by atoms with Crippen molar-refractivity contribution in [1.82, 2.24) is 4.90 Å². The molecule has 1 rings (SSSR count). The molecule has 0 saturated heterocycles. The lowest BCUT2D eigenvalue weighted by molar-refractivity contribution is -0.145. The molecule has 7 heteroatoms. The van der Waals surface area contributed by atoms with Crippen LogP contribution in [-0.2, 0) is 25.6 Å². The Hall–Kier alpha value is -2.02. The van der Waals surface area contributed by atoms with Crippen molar-refractivity contribution in [3.63, 3.8) is 0 Å². The Morgan fingerprint density at radius 2 is 1.96 bits per heavy atom. The molecule has 0 N–H and O–H groups in total. The fraction of sp³-hybridized carbons (Fsp3) is 0.500. The van der Waals surface area contributed by atoms with Crippen LogP contribution in [0.1, 0.15) is 25.8 Å². The average molecular weight is 329 g/mol. The molecular formula is C16H21F2NO4. The quantitative estimate of drug-likeness (QED) is 0.687. The van der Waals surface area contributed by atoms with Crippen LogP contribution < -0.4 is 0 Å². The van der Waals surface area contributed by atoms with Crippen molar-refractivity contribution >= 4 is 11.9 Å². The number of halogens is 2. The second kappa shape index (κ2) is 9.19. The van der Waals surface area contributed by atoms with Crippen LogP contribution >= 0.6 is 0 Å². The standard InChI is InChI=1S/C16H21F2NO4/c1-4-23-11(2)16(21)19(8-7-15(20)22-3)10-12-5-6-13(17)14(18)9-12/h5-6,9,11H,4,7-8,10H2,1-3H3/t11-/m1/s1. The molecule has 0 aliphatic rings. The van der Waals surface area contributed by atoms with Crippen LogP contribution in [0.25, 0.3) is 0 Å². The molecule has 0 spiro atoms. The van der Waals surface area contributed by atoms with E-state index in [0.29, 0.717) is 12.2 Å². The summed E-state index contributed by atoms with van der Waals surface area (Å²) in [5.41, 5.74) is 0.422. The van der Waals surface area contributed by atoms with Crippen molar-refractivity contribution in [2.24, 2.45) is 0 Å². The summed E-state index contributed by atoms with van der Waals surface area (Å²) in [6, 6.07) is 3.42. The second-order valence-electron chi connectivity index (χ2n) is 4.93. The number of carbonyl (C=O) groups excluding carboxylic acids is 2. The van der Waals surface area contributed by atoms with E-state index in [1.54, 1.807) is 13.8 Å². The highest BCUT2D eigenvalue weighted by molar-refractivity contribution is 5.81. The van der Waals surface area contributed by atoms with E-state index < -0.39 is 23.7 Å². The summed E-state index contributed by atoms with van der Waals surface area (Å²) < 4.78 is 36.1. The van der Waals surface area contributed by atoms with Gasteiger partial charge in [-0.15, -0.1) is 0 Å². The summed E-state index contributed by atoms with van der Waals surface area (Å²) in [5.74, 6) is -2.73. The Morgan fingerprint density at radius 3 is 2.52 bits per heavy atom. The molecule has 1 aromatic rings. The smallest absolute Gasteiger partial charge is 0.307 e. The van der Waals surface area contributed by atoms with E-state index in [1.165, 1.54) is 18.1 Å². The normalized spacial score (nSPS) is 11.9. The highest BCUT2D eigenvalue weighted by Gasteiger charge is 2.22. The van der Waals surface area contributed by atoms with E-state index in [1.807, 2.05) is 0 Å². The van der Waals surface area contributed by atoms with Crippen LogP contribution in [-0.4, -0.2) is 43.1 Å². The maximum atomic E-state index is 13.3. The number of rotatable bonds is 8. The molecule has 0 unspecified atom stereocenters. The van der Waals surface area contributed by atoms with Gasteiger partial charge in [-0.3, -0.25) is 9.59 Å². The first-order valence-electron chi connectivity index (χ1n) is 7.30. The van der Waals surface area contributed by atoms with Gasteiger partial charge in [-0.2, -0.15) is 0 Å². The fourth-order valence-corrected chi connectivity index (χ4v) is 2.03. The lowest BCUT2D eigenvalue weighted by atomic mass is 10.2. The predicted molar refractivity (Wildman–Crippen MR) is 79.5 cm³/mol. The summed E-state index contributed by atoms with van der Waals surface area (Å²) in [6.07, 6.45) is -0.687. The summed E-state index contributed by atoms with van der Waals surface area (Å²) in [6.45, 7) is 3.87. The largest absolute Gasteiger partial charge is 0.469 e. The maximum absolute atomic E-state index is 13.3. The molecule has 128 valence electrons. The Balaban J connectivity index is 2.86. The van der Waals surface area contributed by atoms with Gasteiger partial charge < -0.3 is 14.4 Å². The third kappa shape index (κ3) is 5.94. The number of ether oxygens (including phenoxy) is 2.